The zero-order chi connectivity index (χ0) is 16.0. The summed E-state index contributed by atoms with van der Waals surface area (Å²) in [6.07, 6.45) is 3.19. The molecule has 0 radical (unpaired) electrons. The third-order valence-electron chi connectivity index (χ3n) is 3.46. The number of rotatable bonds is 6. The van der Waals surface area contributed by atoms with Gasteiger partial charge in [0.1, 0.15) is 5.75 Å². The molecule has 0 amide bonds. The van der Waals surface area contributed by atoms with Crippen molar-refractivity contribution >= 4 is 17.6 Å². The molecule has 0 N–H and O–H groups in total. The normalized spacial score (nSPS) is 11.4. The minimum absolute atomic E-state index is 0.281. The largest absolute Gasteiger partial charge is 0.495 e. The molecule has 0 saturated heterocycles. The molecule has 21 heavy (non-hydrogen) atoms. The summed E-state index contributed by atoms with van der Waals surface area (Å²) in [5, 5.41) is 0.658. The summed E-state index contributed by atoms with van der Waals surface area (Å²) in [5.74, 6) is 0.422. The van der Waals surface area contributed by atoms with Crippen LogP contribution in [0.5, 0.6) is 5.75 Å². The van der Waals surface area contributed by atoms with Crippen LogP contribution in [0.2, 0.25) is 5.02 Å². The minimum Gasteiger partial charge on any atom is -0.495 e. The number of halogens is 1. The lowest BCUT2D eigenvalue weighted by Gasteiger charge is -2.15. The average molecular weight is 311 g/mol. The van der Waals surface area contributed by atoms with Crippen molar-refractivity contribution in [1.82, 2.24) is 0 Å². The van der Waals surface area contributed by atoms with Gasteiger partial charge in [0.15, 0.2) is 0 Å². The Labute approximate surface area is 131 Å². The molecule has 4 heteroatoms. The number of carbonyl (C=O) groups excluding carboxylic acids is 1. The van der Waals surface area contributed by atoms with Gasteiger partial charge in [-0.3, -0.25) is 0 Å². The number of hydrogen-bond donors (Lipinski definition) is 0. The molecule has 0 heterocycles. The summed E-state index contributed by atoms with van der Waals surface area (Å²) in [6, 6.07) is 1.95. The minimum atomic E-state index is -0.281. The van der Waals surface area contributed by atoms with E-state index in [1.807, 2.05) is 26.8 Å². The van der Waals surface area contributed by atoms with Gasteiger partial charge in [0.25, 0.3) is 0 Å². The van der Waals surface area contributed by atoms with E-state index in [9.17, 15) is 4.79 Å². The third-order valence-corrected chi connectivity index (χ3v) is 3.93. The third kappa shape index (κ3) is 4.78. The highest BCUT2D eigenvalue weighted by molar-refractivity contribution is 6.33. The van der Waals surface area contributed by atoms with E-state index in [4.69, 9.17) is 21.1 Å². The SMILES string of the molecule is CCOC(=O)C=C(C)CCc1c(C)cc(OC)c(Cl)c1C. The Hall–Kier alpha value is -1.48. The maximum absolute atomic E-state index is 11.4. The fraction of sp³-hybridized carbons (Fsp3) is 0.471. The first-order valence-electron chi connectivity index (χ1n) is 7.07. The highest BCUT2D eigenvalue weighted by Crippen LogP contribution is 2.33. The van der Waals surface area contributed by atoms with Crippen LogP contribution in [0.25, 0.3) is 0 Å². The van der Waals surface area contributed by atoms with E-state index in [1.54, 1.807) is 20.1 Å². The monoisotopic (exact) mass is 310 g/mol. The predicted molar refractivity (Wildman–Crippen MR) is 86.2 cm³/mol. The fourth-order valence-corrected chi connectivity index (χ4v) is 2.52. The Balaban J connectivity index is 2.85. The number of ether oxygens (including phenoxy) is 2. The van der Waals surface area contributed by atoms with Crippen LogP contribution in [0, 0.1) is 13.8 Å². The maximum atomic E-state index is 11.4. The molecule has 0 spiro atoms. The second-order valence-electron chi connectivity index (χ2n) is 5.06. The number of esters is 1. The Morgan fingerprint density at radius 1 is 1.38 bits per heavy atom. The fourth-order valence-electron chi connectivity index (χ4n) is 2.27. The van der Waals surface area contributed by atoms with Gasteiger partial charge in [0.05, 0.1) is 18.7 Å². The highest BCUT2D eigenvalue weighted by Gasteiger charge is 2.12. The van der Waals surface area contributed by atoms with Crippen molar-refractivity contribution in [2.75, 3.05) is 13.7 Å². The van der Waals surface area contributed by atoms with Crippen molar-refractivity contribution in [2.24, 2.45) is 0 Å². The van der Waals surface area contributed by atoms with Crippen LogP contribution >= 0.6 is 11.6 Å². The molecule has 1 aromatic carbocycles. The Kier molecular flexibility index (Phi) is 6.76. The van der Waals surface area contributed by atoms with Crippen molar-refractivity contribution in [3.05, 3.63) is 39.4 Å². The quantitative estimate of drug-likeness (QED) is 0.577. The van der Waals surface area contributed by atoms with Crippen LogP contribution in [-0.2, 0) is 16.0 Å². The van der Waals surface area contributed by atoms with Crippen molar-refractivity contribution in [3.63, 3.8) is 0 Å². The van der Waals surface area contributed by atoms with E-state index in [0.717, 1.165) is 29.5 Å². The van der Waals surface area contributed by atoms with Gasteiger partial charge >= 0.3 is 5.97 Å². The highest BCUT2D eigenvalue weighted by atomic mass is 35.5. The van der Waals surface area contributed by atoms with Gasteiger partial charge in [0.2, 0.25) is 0 Å². The van der Waals surface area contributed by atoms with E-state index in [2.05, 4.69) is 0 Å². The number of aryl methyl sites for hydroxylation is 1. The van der Waals surface area contributed by atoms with Crippen molar-refractivity contribution in [3.8, 4) is 5.75 Å². The molecule has 116 valence electrons. The Morgan fingerprint density at radius 3 is 2.62 bits per heavy atom. The van der Waals surface area contributed by atoms with Gasteiger partial charge in [-0.15, -0.1) is 0 Å². The molecule has 0 aliphatic rings. The molecule has 0 bridgehead atoms. The van der Waals surface area contributed by atoms with E-state index < -0.39 is 0 Å². The number of allylic oxidation sites excluding steroid dienone is 1. The smallest absolute Gasteiger partial charge is 0.330 e. The first kappa shape index (κ1) is 17.6. The van der Waals surface area contributed by atoms with Gasteiger partial charge < -0.3 is 9.47 Å². The zero-order valence-electron chi connectivity index (χ0n) is 13.4. The van der Waals surface area contributed by atoms with Crippen LogP contribution < -0.4 is 4.74 Å². The van der Waals surface area contributed by atoms with Gasteiger partial charge in [-0.2, -0.15) is 0 Å². The van der Waals surface area contributed by atoms with E-state index in [-0.39, 0.29) is 5.97 Å². The van der Waals surface area contributed by atoms with Crippen LogP contribution in [0.1, 0.15) is 37.0 Å². The molecular weight excluding hydrogens is 288 g/mol. The topological polar surface area (TPSA) is 35.5 Å². The molecule has 0 aliphatic carbocycles. The van der Waals surface area contributed by atoms with Crippen LogP contribution in [0.3, 0.4) is 0 Å². The maximum Gasteiger partial charge on any atom is 0.330 e. The average Bonchev–Trinajstić information content (AvgIpc) is 2.42. The predicted octanol–water partition coefficient (Wildman–Crippen LogP) is 4.41. The van der Waals surface area contributed by atoms with E-state index in [0.29, 0.717) is 17.4 Å². The standard InChI is InChI=1S/C17H23ClO3/c1-6-21-16(19)9-11(2)7-8-14-12(3)10-15(20-5)17(18)13(14)4/h9-10H,6-8H2,1-5H3. The molecule has 0 aromatic heterocycles. The van der Waals surface area contributed by atoms with Crippen molar-refractivity contribution in [1.29, 1.82) is 0 Å². The van der Waals surface area contributed by atoms with Gasteiger partial charge in [-0.05, 0) is 63.3 Å². The first-order chi connectivity index (χ1) is 9.90. The molecule has 0 atom stereocenters. The lowest BCUT2D eigenvalue weighted by atomic mass is 9.96. The van der Waals surface area contributed by atoms with Crippen molar-refractivity contribution in [2.45, 2.75) is 40.5 Å². The second-order valence-corrected chi connectivity index (χ2v) is 5.43. The van der Waals surface area contributed by atoms with E-state index in [1.165, 1.54) is 5.56 Å². The lowest BCUT2D eigenvalue weighted by molar-refractivity contribution is -0.137. The van der Waals surface area contributed by atoms with Crippen LogP contribution in [-0.4, -0.2) is 19.7 Å². The summed E-state index contributed by atoms with van der Waals surface area (Å²) >= 11 is 6.30. The first-order valence-corrected chi connectivity index (χ1v) is 7.45. The Bertz CT molecular complexity index is 547. The van der Waals surface area contributed by atoms with Crippen molar-refractivity contribution < 1.29 is 14.3 Å². The number of hydrogen-bond acceptors (Lipinski definition) is 3. The van der Waals surface area contributed by atoms with Gasteiger partial charge in [-0.25, -0.2) is 4.79 Å². The molecule has 0 saturated carbocycles. The summed E-state index contributed by atoms with van der Waals surface area (Å²) in [7, 11) is 1.62. The second kappa shape index (κ2) is 8.08. The molecule has 0 aliphatic heterocycles. The van der Waals surface area contributed by atoms with Crippen LogP contribution in [0.4, 0.5) is 0 Å². The molecule has 1 aromatic rings. The number of methoxy groups -OCH3 is 1. The summed E-state index contributed by atoms with van der Waals surface area (Å²) in [5.41, 5.74) is 4.40. The molecule has 0 unspecified atom stereocenters. The zero-order valence-corrected chi connectivity index (χ0v) is 14.1. The molecular formula is C17H23ClO3. The van der Waals surface area contributed by atoms with E-state index >= 15 is 0 Å². The van der Waals surface area contributed by atoms with Gasteiger partial charge in [-0.1, -0.05) is 17.2 Å². The molecule has 0 fully saturated rings. The number of benzene rings is 1. The van der Waals surface area contributed by atoms with Gasteiger partial charge in [0, 0.05) is 6.08 Å². The lowest BCUT2D eigenvalue weighted by Crippen LogP contribution is -2.02. The molecule has 1 rings (SSSR count). The number of carbonyl (C=O) groups is 1. The summed E-state index contributed by atoms with van der Waals surface area (Å²) in [6.45, 7) is 8.18. The summed E-state index contributed by atoms with van der Waals surface area (Å²) < 4.78 is 10.2. The Morgan fingerprint density at radius 2 is 2.05 bits per heavy atom. The summed E-state index contributed by atoms with van der Waals surface area (Å²) in [4.78, 5) is 11.4. The van der Waals surface area contributed by atoms with Crippen LogP contribution in [0.15, 0.2) is 17.7 Å². The molecule has 3 nitrogen and oxygen atoms in total.